The Morgan fingerprint density at radius 2 is 2.08 bits per heavy atom. The fourth-order valence-electron chi connectivity index (χ4n) is 2.64. The van der Waals surface area contributed by atoms with Gasteiger partial charge in [-0.25, -0.2) is 4.98 Å². The lowest BCUT2D eigenvalue weighted by Crippen LogP contribution is -2.37. The van der Waals surface area contributed by atoms with E-state index in [1.54, 1.807) is 22.7 Å². The van der Waals surface area contributed by atoms with Crippen molar-refractivity contribution >= 4 is 45.0 Å². The summed E-state index contributed by atoms with van der Waals surface area (Å²) in [5.74, 6) is -1.06. The van der Waals surface area contributed by atoms with Gasteiger partial charge in [0.25, 0.3) is 0 Å². The first-order valence-electron chi connectivity index (χ1n) is 7.36. The van der Waals surface area contributed by atoms with E-state index in [1.807, 2.05) is 24.3 Å². The maximum Gasteiger partial charge on any atom is 0.246 e. The van der Waals surface area contributed by atoms with Crippen LogP contribution < -0.4 is 11.1 Å². The Morgan fingerprint density at radius 1 is 1.32 bits per heavy atom. The molecule has 0 saturated heterocycles. The SMILES string of the molecule is CC(=O)NC(C(N)=O)c1c(-c2cccc(Br)c2)nc2ccc(Cl)cn12. The smallest absolute Gasteiger partial charge is 0.246 e. The molecule has 2 heterocycles. The van der Waals surface area contributed by atoms with Crippen LogP contribution in [0.3, 0.4) is 0 Å². The topological polar surface area (TPSA) is 89.5 Å². The van der Waals surface area contributed by atoms with Crippen LogP contribution >= 0.6 is 27.5 Å². The number of fused-ring (bicyclic) bond motifs is 1. The van der Waals surface area contributed by atoms with E-state index >= 15 is 0 Å². The molecule has 128 valence electrons. The van der Waals surface area contributed by atoms with Crippen LogP contribution in [0.4, 0.5) is 0 Å². The van der Waals surface area contributed by atoms with Crippen LogP contribution in [0.2, 0.25) is 5.02 Å². The predicted octanol–water partition coefficient (Wildman–Crippen LogP) is 3.08. The zero-order valence-electron chi connectivity index (χ0n) is 13.2. The van der Waals surface area contributed by atoms with Crippen molar-refractivity contribution < 1.29 is 9.59 Å². The van der Waals surface area contributed by atoms with Gasteiger partial charge in [0.05, 0.1) is 16.4 Å². The summed E-state index contributed by atoms with van der Waals surface area (Å²) in [5.41, 5.74) is 7.91. The summed E-state index contributed by atoms with van der Waals surface area (Å²) in [6.45, 7) is 1.32. The molecule has 0 radical (unpaired) electrons. The van der Waals surface area contributed by atoms with Crippen molar-refractivity contribution in [3.8, 4) is 11.3 Å². The lowest BCUT2D eigenvalue weighted by atomic mass is 10.1. The minimum atomic E-state index is -1.04. The van der Waals surface area contributed by atoms with Crippen LogP contribution in [0.25, 0.3) is 16.9 Å². The molecule has 8 heteroatoms. The largest absolute Gasteiger partial charge is 0.368 e. The van der Waals surface area contributed by atoms with E-state index in [1.165, 1.54) is 6.92 Å². The number of hydrogen-bond acceptors (Lipinski definition) is 3. The van der Waals surface area contributed by atoms with E-state index in [2.05, 4.69) is 26.2 Å². The molecule has 0 aliphatic carbocycles. The van der Waals surface area contributed by atoms with E-state index in [9.17, 15) is 9.59 Å². The molecule has 2 aromatic heterocycles. The number of nitrogens with two attached hydrogens (primary N) is 1. The molecule has 25 heavy (non-hydrogen) atoms. The molecular weight excluding hydrogens is 408 g/mol. The maximum atomic E-state index is 12.0. The van der Waals surface area contributed by atoms with Gasteiger partial charge >= 0.3 is 0 Å². The number of aromatic nitrogens is 2. The number of hydrogen-bond donors (Lipinski definition) is 2. The van der Waals surface area contributed by atoms with Gasteiger partial charge in [0.15, 0.2) is 6.04 Å². The first kappa shape index (κ1) is 17.4. The molecule has 2 amide bonds. The lowest BCUT2D eigenvalue weighted by Gasteiger charge is -2.16. The molecule has 0 saturated carbocycles. The number of imidazole rings is 1. The maximum absolute atomic E-state index is 12.0. The number of carbonyl (C=O) groups is 2. The molecule has 1 aromatic carbocycles. The van der Waals surface area contributed by atoms with Crippen molar-refractivity contribution in [3.05, 3.63) is 57.8 Å². The van der Waals surface area contributed by atoms with Gasteiger partial charge in [0, 0.05) is 23.2 Å². The van der Waals surface area contributed by atoms with Crippen LogP contribution in [0, 0.1) is 0 Å². The second kappa shape index (κ2) is 6.85. The second-order valence-corrected chi connectivity index (χ2v) is 6.82. The van der Waals surface area contributed by atoms with E-state index in [0.29, 0.717) is 22.1 Å². The van der Waals surface area contributed by atoms with E-state index < -0.39 is 11.9 Å². The molecule has 0 spiro atoms. The number of benzene rings is 1. The third kappa shape index (κ3) is 3.52. The van der Waals surface area contributed by atoms with Gasteiger partial charge in [-0.05, 0) is 24.3 Å². The summed E-state index contributed by atoms with van der Waals surface area (Å²) < 4.78 is 2.53. The Labute approximate surface area is 157 Å². The van der Waals surface area contributed by atoms with Crippen LogP contribution in [-0.2, 0) is 9.59 Å². The van der Waals surface area contributed by atoms with Crippen molar-refractivity contribution in [2.45, 2.75) is 13.0 Å². The van der Waals surface area contributed by atoms with Gasteiger partial charge in [-0.15, -0.1) is 0 Å². The Balaban J connectivity index is 2.32. The highest BCUT2D eigenvalue weighted by atomic mass is 79.9. The average molecular weight is 422 g/mol. The molecule has 0 aliphatic heterocycles. The van der Waals surface area contributed by atoms with Crippen LogP contribution in [0.5, 0.6) is 0 Å². The zero-order valence-corrected chi connectivity index (χ0v) is 15.5. The van der Waals surface area contributed by atoms with Gasteiger partial charge < -0.3 is 11.1 Å². The van der Waals surface area contributed by atoms with Crippen molar-refractivity contribution in [2.24, 2.45) is 5.73 Å². The number of halogens is 2. The fourth-order valence-corrected chi connectivity index (χ4v) is 3.20. The summed E-state index contributed by atoms with van der Waals surface area (Å²) in [5, 5.41) is 3.06. The molecule has 3 N–H and O–H groups in total. The zero-order chi connectivity index (χ0) is 18.1. The minimum Gasteiger partial charge on any atom is -0.368 e. The average Bonchev–Trinajstić information content (AvgIpc) is 2.90. The van der Waals surface area contributed by atoms with Gasteiger partial charge in [-0.3, -0.25) is 14.0 Å². The van der Waals surface area contributed by atoms with Crippen LogP contribution in [0.1, 0.15) is 18.7 Å². The first-order valence-corrected chi connectivity index (χ1v) is 8.54. The van der Waals surface area contributed by atoms with Crippen LogP contribution in [-0.4, -0.2) is 21.2 Å². The van der Waals surface area contributed by atoms with Crippen molar-refractivity contribution in [1.29, 1.82) is 0 Å². The first-order chi connectivity index (χ1) is 11.9. The third-order valence-corrected chi connectivity index (χ3v) is 4.34. The van der Waals surface area contributed by atoms with Gasteiger partial charge in [0.1, 0.15) is 5.65 Å². The summed E-state index contributed by atoms with van der Waals surface area (Å²) >= 11 is 9.53. The number of amides is 2. The number of carbonyl (C=O) groups excluding carboxylic acids is 2. The Hall–Kier alpha value is -2.38. The standard InChI is InChI=1S/C17H14BrClN4O2/c1-9(24)21-15(17(20)25)16-14(10-3-2-4-11(18)7-10)22-13-6-5-12(19)8-23(13)16/h2-8,15H,1H3,(H2,20,25)(H,21,24). The molecule has 0 aliphatic rings. The predicted molar refractivity (Wildman–Crippen MR) is 99.1 cm³/mol. The summed E-state index contributed by atoms with van der Waals surface area (Å²) in [7, 11) is 0. The van der Waals surface area contributed by atoms with Crippen molar-refractivity contribution in [1.82, 2.24) is 14.7 Å². The molecule has 6 nitrogen and oxygen atoms in total. The molecule has 1 unspecified atom stereocenters. The molecule has 3 aromatic rings. The van der Waals surface area contributed by atoms with Gasteiger partial charge in [0.2, 0.25) is 11.8 Å². The number of primary amides is 1. The van der Waals surface area contributed by atoms with Crippen molar-refractivity contribution in [2.75, 3.05) is 0 Å². The fraction of sp³-hybridized carbons (Fsp3) is 0.118. The van der Waals surface area contributed by atoms with E-state index in [0.717, 1.165) is 10.0 Å². The number of nitrogens with zero attached hydrogens (tertiary/aromatic N) is 2. The highest BCUT2D eigenvalue weighted by molar-refractivity contribution is 9.10. The molecule has 0 fully saturated rings. The van der Waals surface area contributed by atoms with E-state index in [-0.39, 0.29) is 5.91 Å². The highest BCUT2D eigenvalue weighted by Crippen LogP contribution is 2.31. The summed E-state index contributed by atoms with van der Waals surface area (Å²) in [4.78, 5) is 28.2. The normalized spacial score (nSPS) is 12.1. The number of pyridine rings is 1. The Morgan fingerprint density at radius 3 is 2.72 bits per heavy atom. The van der Waals surface area contributed by atoms with Crippen molar-refractivity contribution in [3.63, 3.8) is 0 Å². The number of nitrogens with one attached hydrogen (secondary N) is 1. The second-order valence-electron chi connectivity index (χ2n) is 5.47. The number of rotatable bonds is 4. The van der Waals surface area contributed by atoms with E-state index in [4.69, 9.17) is 17.3 Å². The molecular formula is C17H14BrClN4O2. The molecule has 3 rings (SSSR count). The third-order valence-electron chi connectivity index (χ3n) is 3.62. The highest BCUT2D eigenvalue weighted by Gasteiger charge is 2.27. The quantitative estimate of drug-likeness (QED) is 0.678. The Bertz CT molecular complexity index is 986. The van der Waals surface area contributed by atoms with Crippen LogP contribution in [0.15, 0.2) is 47.1 Å². The summed E-state index contributed by atoms with van der Waals surface area (Å²) in [6, 6.07) is 9.88. The summed E-state index contributed by atoms with van der Waals surface area (Å²) in [6.07, 6.45) is 1.64. The monoisotopic (exact) mass is 420 g/mol. The Kier molecular flexibility index (Phi) is 4.78. The van der Waals surface area contributed by atoms with Gasteiger partial charge in [-0.2, -0.15) is 0 Å². The minimum absolute atomic E-state index is 0.374. The molecule has 0 bridgehead atoms. The lowest BCUT2D eigenvalue weighted by molar-refractivity contribution is -0.126. The molecule has 1 atom stereocenters. The van der Waals surface area contributed by atoms with Gasteiger partial charge in [-0.1, -0.05) is 39.7 Å².